The number of aryl methyl sites for hydroxylation is 2. The number of halogens is 1. The number of morpholine rings is 1. The van der Waals surface area contributed by atoms with Gasteiger partial charge in [-0.3, -0.25) is 4.79 Å². The molecule has 1 aliphatic rings. The number of benzene rings is 2. The SMILES string of the molecule is CCNC(=NCc1ccc(OC)c(NC(C)=O)c1)N1CCOC(c2ccc(C)cc2C)C1.I. The first-order valence-corrected chi connectivity index (χ1v) is 11.1. The summed E-state index contributed by atoms with van der Waals surface area (Å²) in [5.41, 5.74) is 5.38. The Morgan fingerprint density at radius 1 is 1.24 bits per heavy atom. The van der Waals surface area contributed by atoms with Crippen molar-refractivity contribution in [3.8, 4) is 5.75 Å². The van der Waals surface area contributed by atoms with E-state index >= 15 is 0 Å². The molecular weight excluding hydrogens is 531 g/mol. The summed E-state index contributed by atoms with van der Waals surface area (Å²) in [4.78, 5) is 18.6. The largest absolute Gasteiger partial charge is 0.495 e. The van der Waals surface area contributed by atoms with Gasteiger partial charge in [0.2, 0.25) is 5.91 Å². The maximum atomic E-state index is 11.5. The zero-order chi connectivity index (χ0) is 23.1. The van der Waals surface area contributed by atoms with E-state index in [1.165, 1.54) is 23.6 Å². The van der Waals surface area contributed by atoms with E-state index in [9.17, 15) is 4.79 Å². The van der Waals surface area contributed by atoms with Crippen LogP contribution in [0.2, 0.25) is 0 Å². The van der Waals surface area contributed by atoms with E-state index in [2.05, 4.69) is 54.5 Å². The smallest absolute Gasteiger partial charge is 0.221 e. The topological polar surface area (TPSA) is 75.2 Å². The number of nitrogens with one attached hydrogen (secondary N) is 2. The second-order valence-corrected chi connectivity index (χ2v) is 8.05. The average Bonchev–Trinajstić information content (AvgIpc) is 2.76. The molecule has 180 valence electrons. The fourth-order valence-corrected chi connectivity index (χ4v) is 3.95. The molecule has 8 heteroatoms. The van der Waals surface area contributed by atoms with Gasteiger partial charge in [-0.1, -0.05) is 29.8 Å². The Morgan fingerprint density at radius 3 is 2.70 bits per heavy atom. The Hall–Kier alpha value is -2.33. The Labute approximate surface area is 214 Å². The first-order chi connectivity index (χ1) is 15.4. The molecule has 33 heavy (non-hydrogen) atoms. The van der Waals surface area contributed by atoms with Gasteiger partial charge in [0.1, 0.15) is 11.9 Å². The lowest BCUT2D eigenvalue weighted by atomic mass is 10.00. The molecule has 1 heterocycles. The third-order valence-electron chi connectivity index (χ3n) is 5.46. The summed E-state index contributed by atoms with van der Waals surface area (Å²) in [6.07, 6.45) is 0.0144. The van der Waals surface area contributed by atoms with E-state index in [1.807, 2.05) is 18.2 Å². The van der Waals surface area contributed by atoms with Crippen molar-refractivity contribution in [3.05, 3.63) is 58.7 Å². The second kappa shape index (κ2) is 12.8. The Kier molecular flexibility index (Phi) is 10.4. The molecule has 1 amide bonds. The van der Waals surface area contributed by atoms with E-state index in [1.54, 1.807) is 7.11 Å². The second-order valence-electron chi connectivity index (χ2n) is 8.05. The van der Waals surface area contributed by atoms with Crippen LogP contribution in [0.1, 0.15) is 42.2 Å². The molecule has 1 saturated heterocycles. The van der Waals surface area contributed by atoms with Crippen LogP contribution < -0.4 is 15.4 Å². The summed E-state index contributed by atoms with van der Waals surface area (Å²) in [7, 11) is 1.59. The van der Waals surface area contributed by atoms with Gasteiger partial charge < -0.3 is 25.0 Å². The lowest BCUT2D eigenvalue weighted by Crippen LogP contribution is -2.48. The third kappa shape index (κ3) is 7.33. The number of guanidine groups is 1. The van der Waals surface area contributed by atoms with Crippen molar-refractivity contribution in [2.45, 2.75) is 40.3 Å². The van der Waals surface area contributed by atoms with Crippen LogP contribution in [0.4, 0.5) is 5.69 Å². The number of amides is 1. The van der Waals surface area contributed by atoms with E-state index in [0.29, 0.717) is 24.6 Å². The number of hydrogen-bond donors (Lipinski definition) is 2. The third-order valence-corrected chi connectivity index (χ3v) is 5.46. The van der Waals surface area contributed by atoms with E-state index in [-0.39, 0.29) is 36.0 Å². The molecule has 0 aliphatic carbocycles. The van der Waals surface area contributed by atoms with Gasteiger partial charge in [-0.25, -0.2) is 4.99 Å². The minimum atomic E-state index is -0.136. The molecule has 0 radical (unpaired) electrons. The monoisotopic (exact) mass is 566 g/mol. The van der Waals surface area contributed by atoms with Crippen LogP contribution in [-0.4, -0.2) is 50.1 Å². The quantitative estimate of drug-likeness (QED) is 0.308. The zero-order valence-electron chi connectivity index (χ0n) is 20.1. The molecule has 1 unspecified atom stereocenters. The molecule has 0 bridgehead atoms. The van der Waals surface area contributed by atoms with Gasteiger partial charge in [0.15, 0.2) is 5.96 Å². The molecule has 1 atom stereocenters. The number of aliphatic imine (C=N–C) groups is 1. The number of ether oxygens (including phenoxy) is 2. The van der Waals surface area contributed by atoms with Gasteiger partial charge in [-0.05, 0) is 49.6 Å². The Bertz CT molecular complexity index is 980. The molecule has 0 aromatic heterocycles. The molecular formula is C25H35IN4O3. The summed E-state index contributed by atoms with van der Waals surface area (Å²) < 4.78 is 11.5. The van der Waals surface area contributed by atoms with Crippen molar-refractivity contribution in [2.75, 3.05) is 38.7 Å². The van der Waals surface area contributed by atoms with Crippen LogP contribution in [-0.2, 0) is 16.1 Å². The van der Waals surface area contributed by atoms with Crippen molar-refractivity contribution >= 4 is 41.5 Å². The molecule has 2 aromatic rings. The normalized spacial score (nSPS) is 16.1. The summed E-state index contributed by atoms with van der Waals surface area (Å²) in [5, 5.41) is 6.23. The molecule has 2 N–H and O–H groups in total. The molecule has 3 rings (SSSR count). The lowest BCUT2D eigenvalue weighted by Gasteiger charge is -2.36. The highest BCUT2D eigenvalue weighted by atomic mass is 127. The molecule has 1 fully saturated rings. The van der Waals surface area contributed by atoms with Gasteiger partial charge in [-0.15, -0.1) is 24.0 Å². The maximum absolute atomic E-state index is 11.5. The van der Waals surface area contributed by atoms with E-state index in [4.69, 9.17) is 14.5 Å². The highest BCUT2D eigenvalue weighted by Gasteiger charge is 2.25. The lowest BCUT2D eigenvalue weighted by molar-refractivity contribution is -0.114. The van der Waals surface area contributed by atoms with Gasteiger partial charge >= 0.3 is 0 Å². The van der Waals surface area contributed by atoms with E-state index in [0.717, 1.165) is 31.2 Å². The van der Waals surface area contributed by atoms with Crippen molar-refractivity contribution in [2.24, 2.45) is 4.99 Å². The van der Waals surface area contributed by atoms with Crippen LogP contribution in [0.25, 0.3) is 0 Å². The van der Waals surface area contributed by atoms with Crippen LogP contribution in [0.5, 0.6) is 5.75 Å². The van der Waals surface area contributed by atoms with Crippen LogP contribution in [0.15, 0.2) is 41.4 Å². The van der Waals surface area contributed by atoms with Crippen molar-refractivity contribution in [1.29, 1.82) is 0 Å². The van der Waals surface area contributed by atoms with Crippen LogP contribution >= 0.6 is 24.0 Å². The number of anilines is 1. The van der Waals surface area contributed by atoms with Gasteiger partial charge in [-0.2, -0.15) is 0 Å². The minimum absolute atomic E-state index is 0. The predicted octanol–water partition coefficient (Wildman–Crippen LogP) is 4.43. The average molecular weight is 566 g/mol. The maximum Gasteiger partial charge on any atom is 0.221 e. The summed E-state index contributed by atoms with van der Waals surface area (Å²) >= 11 is 0. The minimum Gasteiger partial charge on any atom is -0.495 e. The Balaban J connectivity index is 0.00000385. The molecule has 0 saturated carbocycles. The standard InChI is InChI=1S/C25H34N4O3.HI/c1-6-26-25(27-15-20-8-10-23(31-5)22(14-20)28-19(4)30)29-11-12-32-24(16-29)21-9-7-17(2)13-18(21)3;/h7-10,13-14,24H,6,11-12,15-16H2,1-5H3,(H,26,27)(H,28,30);1H. The zero-order valence-corrected chi connectivity index (χ0v) is 22.4. The predicted molar refractivity (Wildman–Crippen MR) is 144 cm³/mol. The molecule has 2 aromatic carbocycles. The summed E-state index contributed by atoms with van der Waals surface area (Å²) in [6.45, 7) is 11.3. The molecule has 0 spiro atoms. The number of rotatable bonds is 6. The number of nitrogens with zero attached hydrogens (tertiary/aromatic N) is 2. The van der Waals surface area contributed by atoms with Crippen LogP contribution in [0.3, 0.4) is 0 Å². The highest BCUT2D eigenvalue weighted by molar-refractivity contribution is 14.0. The molecule has 1 aliphatic heterocycles. The molecule has 7 nitrogen and oxygen atoms in total. The Morgan fingerprint density at radius 2 is 2.03 bits per heavy atom. The first-order valence-electron chi connectivity index (χ1n) is 11.1. The summed E-state index contributed by atoms with van der Waals surface area (Å²) in [6, 6.07) is 12.2. The number of carbonyl (C=O) groups excluding carboxylic acids is 1. The van der Waals surface area contributed by atoms with Crippen molar-refractivity contribution in [1.82, 2.24) is 10.2 Å². The summed E-state index contributed by atoms with van der Waals surface area (Å²) in [5.74, 6) is 1.36. The number of hydrogen-bond acceptors (Lipinski definition) is 4. The van der Waals surface area contributed by atoms with Crippen molar-refractivity contribution < 1.29 is 14.3 Å². The highest BCUT2D eigenvalue weighted by Crippen LogP contribution is 2.27. The van der Waals surface area contributed by atoms with Gasteiger partial charge in [0.05, 0.1) is 32.5 Å². The van der Waals surface area contributed by atoms with E-state index < -0.39 is 0 Å². The van der Waals surface area contributed by atoms with Crippen molar-refractivity contribution in [3.63, 3.8) is 0 Å². The van der Waals surface area contributed by atoms with Gasteiger partial charge in [0.25, 0.3) is 0 Å². The van der Waals surface area contributed by atoms with Crippen LogP contribution in [0, 0.1) is 13.8 Å². The fourth-order valence-electron chi connectivity index (χ4n) is 3.95. The fraction of sp³-hybridized carbons (Fsp3) is 0.440. The number of methoxy groups -OCH3 is 1. The first kappa shape index (κ1) is 26.9. The number of carbonyl (C=O) groups is 1. The van der Waals surface area contributed by atoms with Gasteiger partial charge in [0, 0.05) is 20.0 Å².